The first-order valence-electron chi connectivity index (χ1n) is 6.13. The summed E-state index contributed by atoms with van der Waals surface area (Å²) in [6.07, 6.45) is 5.88. The lowest BCUT2D eigenvalue weighted by Crippen LogP contribution is -2.31. The molecule has 0 aromatic heterocycles. The van der Waals surface area contributed by atoms with Crippen LogP contribution >= 0.6 is 11.8 Å². The van der Waals surface area contributed by atoms with Crippen molar-refractivity contribution in [3.8, 4) is 0 Å². The third kappa shape index (κ3) is 6.44. The van der Waals surface area contributed by atoms with Crippen molar-refractivity contribution < 1.29 is 4.74 Å². The average Bonchev–Trinajstić information content (AvgIpc) is 2.70. The third-order valence-corrected chi connectivity index (χ3v) is 4.18. The van der Waals surface area contributed by atoms with Gasteiger partial charge in [0.05, 0.1) is 6.61 Å². The summed E-state index contributed by atoms with van der Waals surface area (Å²) in [5.41, 5.74) is 0. The maximum Gasteiger partial charge on any atom is 0.0613 e. The summed E-state index contributed by atoms with van der Waals surface area (Å²) in [7, 11) is 1.76. The van der Waals surface area contributed by atoms with Gasteiger partial charge < -0.3 is 10.1 Å². The van der Waals surface area contributed by atoms with Crippen molar-refractivity contribution in [1.29, 1.82) is 0 Å². The molecular weight excluding hydrogens is 206 g/mol. The predicted octanol–water partition coefficient (Wildman–Crippen LogP) is 2.53. The zero-order valence-electron chi connectivity index (χ0n) is 10.1. The molecule has 2 nitrogen and oxygen atoms in total. The summed E-state index contributed by atoms with van der Waals surface area (Å²) >= 11 is 2.11. The molecular formula is C12H25NOS. The lowest BCUT2D eigenvalue weighted by atomic mass is 10.1. The summed E-state index contributed by atoms with van der Waals surface area (Å²) in [5.74, 6) is 3.64. The molecule has 3 heteroatoms. The minimum atomic E-state index is 0.488. The minimum absolute atomic E-state index is 0.488. The van der Waals surface area contributed by atoms with E-state index in [-0.39, 0.29) is 0 Å². The van der Waals surface area contributed by atoms with Gasteiger partial charge in [-0.1, -0.05) is 12.8 Å². The van der Waals surface area contributed by atoms with Crippen LogP contribution in [-0.4, -0.2) is 37.8 Å². The third-order valence-electron chi connectivity index (χ3n) is 2.98. The number of rotatable bonds is 8. The van der Waals surface area contributed by atoms with E-state index in [1.54, 1.807) is 7.11 Å². The molecule has 1 unspecified atom stereocenters. The van der Waals surface area contributed by atoms with E-state index >= 15 is 0 Å². The second-order valence-corrected chi connectivity index (χ2v) is 5.69. The van der Waals surface area contributed by atoms with Crippen molar-refractivity contribution in [3.63, 3.8) is 0 Å². The molecule has 0 amide bonds. The van der Waals surface area contributed by atoms with Crippen LogP contribution < -0.4 is 5.32 Å². The van der Waals surface area contributed by atoms with E-state index < -0.39 is 0 Å². The van der Waals surface area contributed by atoms with Gasteiger partial charge in [0, 0.05) is 25.4 Å². The molecule has 90 valence electrons. The molecule has 1 fully saturated rings. The maximum atomic E-state index is 5.07. The Morgan fingerprint density at radius 1 is 1.40 bits per heavy atom. The minimum Gasteiger partial charge on any atom is -0.383 e. The van der Waals surface area contributed by atoms with Crippen molar-refractivity contribution in [3.05, 3.63) is 0 Å². The number of hydrogen-bond acceptors (Lipinski definition) is 3. The molecule has 0 aliphatic heterocycles. The van der Waals surface area contributed by atoms with E-state index in [0.717, 1.165) is 19.1 Å². The zero-order valence-corrected chi connectivity index (χ0v) is 10.9. The standard InChI is InChI=1S/C12H25NOS/c1-11(9-14-2)13-7-8-15-10-12-5-3-4-6-12/h11-13H,3-10H2,1-2H3. The second-order valence-electron chi connectivity index (χ2n) is 4.54. The van der Waals surface area contributed by atoms with Crippen LogP contribution in [-0.2, 0) is 4.74 Å². The molecule has 1 N–H and O–H groups in total. The molecule has 0 aromatic carbocycles. The Bertz CT molecular complexity index is 149. The second kappa shape index (κ2) is 8.43. The largest absolute Gasteiger partial charge is 0.383 e. The molecule has 0 spiro atoms. The van der Waals surface area contributed by atoms with Gasteiger partial charge in [0.2, 0.25) is 0 Å². The average molecular weight is 231 g/mol. The van der Waals surface area contributed by atoms with E-state index in [0.29, 0.717) is 6.04 Å². The molecule has 1 rings (SSSR count). The molecule has 1 aliphatic rings. The van der Waals surface area contributed by atoms with Crippen molar-refractivity contribution in [1.82, 2.24) is 5.32 Å². The summed E-state index contributed by atoms with van der Waals surface area (Å²) in [6.45, 7) is 4.10. The van der Waals surface area contributed by atoms with Crippen LogP contribution in [0, 0.1) is 5.92 Å². The van der Waals surface area contributed by atoms with Crippen LogP contribution in [0.15, 0.2) is 0 Å². The molecule has 0 radical (unpaired) electrons. The van der Waals surface area contributed by atoms with Gasteiger partial charge in [-0.25, -0.2) is 0 Å². The van der Waals surface area contributed by atoms with Gasteiger partial charge in [0.25, 0.3) is 0 Å². The Labute approximate surface area is 98.5 Å². The molecule has 0 bridgehead atoms. The van der Waals surface area contributed by atoms with E-state index in [1.807, 2.05) is 0 Å². The van der Waals surface area contributed by atoms with Crippen LogP contribution in [0.25, 0.3) is 0 Å². The Morgan fingerprint density at radius 2 is 2.13 bits per heavy atom. The van der Waals surface area contributed by atoms with Crippen molar-refractivity contribution in [2.75, 3.05) is 31.8 Å². The lowest BCUT2D eigenvalue weighted by molar-refractivity contribution is 0.173. The van der Waals surface area contributed by atoms with Gasteiger partial charge in [0.1, 0.15) is 0 Å². The SMILES string of the molecule is COCC(C)NCCSCC1CCCC1. The Kier molecular flexibility index (Phi) is 7.49. The van der Waals surface area contributed by atoms with Gasteiger partial charge in [-0.3, -0.25) is 0 Å². The number of thioether (sulfide) groups is 1. The summed E-state index contributed by atoms with van der Waals surface area (Å²) in [5, 5.41) is 3.46. The first-order valence-corrected chi connectivity index (χ1v) is 7.28. The highest BCUT2D eigenvalue weighted by Crippen LogP contribution is 2.27. The topological polar surface area (TPSA) is 21.3 Å². The van der Waals surface area contributed by atoms with Crippen molar-refractivity contribution >= 4 is 11.8 Å². The van der Waals surface area contributed by atoms with Crippen molar-refractivity contribution in [2.45, 2.75) is 38.6 Å². The number of nitrogens with one attached hydrogen (secondary N) is 1. The number of ether oxygens (including phenoxy) is 1. The van der Waals surface area contributed by atoms with E-state index in [2.05, 4.69) is 24.0 Å². The van der Waals surface area contributed by atoms with Crippen LogP contribution in [0.3, 0.4) is 0 Å². The molecule has 0 heterocycles. The van der Waals surface area contributed by atoms with Gasteiger partial charge in [0.15, 0.2) is 0 Å². The molecule has 1 aliphatic carbocycles. The molecule has 0 saturated heterocycles. The van der Waals surface area contributed by atoms with Crippen LogP contribution in [0.4, 0.5) is 0 Å². The van der Waals surface area contributed by atoms with Gasteiger partial charge in [-0.05, 0) is 31.4 Å². The number of hydrogen-bond donors (Lipinski definition) is 1. The fourth-order valence-corrected chi connectivity index (χ4v) is 3.21. The maximum absolute atomic E-state index is 5.07. The van der Waals surface area contributed by atoms with Gasteiger partial charge in [-0.15, -0.1) is 0 Å². The van der Waals surface area contributed by atoms with Gasteiger partial charge in [-0.2, -0.15) is 11.8 Å². The highest BCUT2D eigenvalue weighted by atomic mass is 32.2. The fourth-order valence-electron chi connectivity index (χ4n) is 2.11. The molecule has 15 heavy (non-hydrogen) atoms. The monoisotopic (exact) mass is 231 g/mol. The van der Waals surface area contributed by atoms with Gasteiger partial charge >= 0.3 is 0 Å². The Balaban J connectivity index is 1.84. The predicted molar refractivity (Wildman–Crippen MR) is 68.6 cm³/mol. The lowest BCUT2D eigenvalue weighted by Gasteiger charge is -2.13. The molecule has 0 aromatic rings. The first kappa shape index (κ1) is 13.3. The van der Waals surface area contributed by atoms with Crippen molar-refractivity contribution in [2.24, 2.45) is 5.92 Å². The fraction of sp³-hybridized carbons (Fsp3) is 1.00. The quantitative estimate of drug-likeness (QED) is 0.649. The zero-order chi connectivity index (χ0) is 10.9. The van der Waals surface area contributed by atoms with E-state index in [4.69, 9.17) is 4.74 Å². The van der Waals surface area contributed by atoms with E-state index in [1.165, 1.54) is 37.2 Å². The smallest absolute Gasteiger partial charge is 0.0613 e. The normalized spacial score (nSPS) is 19.6. The number of methoxy groups -OCH3 is 1. The van der Waals surface area contributed by atoms with Crippen LogP contribution in [0.2, 0.25) is 0 Å². The van der Waals surface area contributed by atoms with E-state index in [9.17, 15) is 0 Å². The molecule has 1 atom stereocenters. The summed E-state index contributed by atoms with van der Waals surface area (Å²) in [4.78, 5) is 0. The highest BCUT2D eigenvalue weighted by molar-refractivity contribution is 7.99. The first-order chi connectivity index (χ1) is 7.33. The summed E-state index contributed by atoms with van der Waals surface area (Å²) in [6, 6.07) is 0.488. The Hall–Kier alpha value is 0.270. The van der Waals surface area contributed by atoms with Crippen LogP contribution in [0.5, 0.6) is 0 Å². The highest BCUT2D eigenvalue weighted by Gasteiger charge is 2.14. The Morgan fingerprint density at radius 3 is 2.80 bits per heavy atom. The molecule has 1 saturated carbocycles. The van der Waals surface area contributed by atoms with Crippen LogP contribution in [0.1, 0.15) is 32.6 Å². The summed E-state index contributed by atoms with van der Waals surface area (Å²) < 4.78 is 5.07.